The van der Waals surface area contributed by atoms with Crippen LogP contribution in [0, 0.1) is 5.82 Å². The minimum absolute atomic E-state index is 0.125. The van der Waals surface area contributed by atoms with E-state index in [-0.39, 0.29) is 11.9 Å². The van der Waals surface area contributed by atoms with Gasteiger partial charge in [0.1, 0.15) is 11.6 Å². The molecule has 0 saturated carbocycles. The third-order valence-electron chi connectivity index (χ3n) is 3.42. The highest BCUT2D eigenvalue weighted by molar-refractivity contribution is 5.57. The van der Waals surface area contributed by atoms with Crippen LogP contribution < -0.4 is 10.1 Å². The first-order valence-corrected chi connectivity index (χ1v) is 6.83. The van der Waals surface area contributed by atoms with Gasteiger partial charge >= 0.3 is 0 Å². The second-order valence-corrected chi connectivity index (χ2v) is 4.81. The van der Waals surface area contributed by atoms with Crippen molar-refractivity contribution in [1.82, 2.24) is 0 Å². The summed E-state index contributed by atoms with van der Waals surface area (Å²) >= 11 is 0. The van der Waals surface area contributed by atoms with E-state index in [2.05, 4.69) is 43.4 Å². The van der Waals surface area contributed by atoms with Crippen LogP contribution in [-0.2, 0) is 6.42 Å². The zero-order valence-corrected chi connectivity index (χ0v) is 12.1. The number of hydrogen-bond donors (Lipinski definition) is 1. The maximum absolute atomic E-state index is 13.2. The maximum Gasteiger partial charge on any atom is 0.144 e. The summed E-state index contributed by atoms with van der Waals surface area (Å²) in [5.74, 6) is 0.217. The molecule has 106 valence electrons. The second kappa shape index (κ2) is 6.42. The molecule has 1 atom stereocenters. The Kier molecular flexibility index (Phi) is 4.61. The Labute approximate surface area is 119 Å². The number of aryl methyl sites for hydroxylation is 1. The van der Waals surface area contributed by atoms with Gasteiger partial charge < -0.3 is 10.1 Å². The Morgan fingerprint density at radius 2 is 1.85 bits per heavy atom. The summed E-state index contributed by atoms with van der Waals surface area (Å²) in [4.78, 5) is 0. The molecule has 2 aromatic carbocycles. The predicted octanol–water partition coefficient (Wildman–Crippen LogP) is 4.57. The Balaban J connectivity index is 2.16. The fourth-order valence-corrected chi connectivity index (χ4v) is 2.14. The van der Waals surface area contributed by atoms with Crippen molar-refractivity contribution in [2.75, 3.05) is 12.4 Å². The number of rotatable bonds is 5. The lowest BCUT2D eigenvalue weighted by molar-refractivity contribution is 0.412. The fourth-order valence-electron chi connectivity index (χ4n) is 2.14. The van der Waals surface area contributed by atoms with Gasteiger partial charge in [-0.3, -0.25) is 0 Å². The molecule has 0 aliphatic heterocycles. The molecule has 0 aliphatic rings. The second-order valence-electron chi connectivity index (χ2n) is 4.81. The first-order valence-electron chi connectivity index (χ1n) is 6.83. The molecule has 0 radical (unpaired) electrons. The van der Waals surface area contributed by atoms with Crippen molar-refractivity contribution in [1.29, 1.82) is 0 Å². The molecular formula is C17H20FNO. The van der Waals surface area contributed by atoms with Crippen molar-refractivity contribution in [3.63, 3.8) is 0 Å². The molecule has 1 N–H and O–H groups in total. The van der Waals surface area contributed by atoms with Crippen molar-refractivity contribution < 1.29 is 9.13 Å². The van der Waals surface area contributed by atoms with E-state index < -0.39 is 0 Å². The van der Waals surface area contributed by atoms with Crippen LogP contribution in [0.3, 0.4) is 0 Å². The quantitative estimate of drug-likeness (QED) is 0.861. The molecule has 2 aromatic rings. The van der Waals surface area contributed by atoms with Crippen LogP contribution >= 0.6 is 0 Å². The van der Waals surface area contributed by atoms with Gasteiger partial charge in [-0.05, 0) is 36.6 Å². The zero-order chi connectivity index (χ0) is 14.5. The number of benzene rings is 2. The van der Waals surface area contributed by atoms with Gasteiger partial charge in [-0.2, -0.15) is 0 Å². The van der Waals surface area contributed by atoms with Gasteiger partial charge in [0.2, 0.25) is 0 Å². The monoisotopic (exact) mass is 273 g/mol. The number of halogens is 1. The molecule has 0 aliphatic carbocycles. The van der Waals surface area contributed by atoms with Crippen molar-refractivity contribution in [2.24, 2.45) is 0 Å². The summed E-state index contributed by atoms with van der Waals surface area (Å²) in [6.07, 6.45) is 1.04. The van der Waals surface area contributed by atoms with Gasteiger partial charge in [0.05, 0.1) is 12.8 Å². The Morgan fingerprint density at radius 3 is 2.45 bits per heavy atom. The zero-order valence-electron chi connectivity index (χ0n) is 12.1. The minimum Gasteiger partial charge on any atom is -0.494 e. The first kappa shape index (κ1) is 14.4. The van der Waals surface area contributed by atoms with Gasteiger partial charge in [-0.15, -0.1) is 0 Å². The van der Waals surface area contributed by atoms with Crippen LogP contribution in [-0.4, -0.2) is 7.11 Å². The average Bonchev–Trinajstić information content (AvgIpc) is 2.49. The molecule has 0 spiro atoms. The number of anilines is 1. The summed E-state index contributed by atoms with van der Waals surface area (Å²) in [6.45, 7) is 4.21. The smallest absolute Gasteiger partial charge is 0.144 e. The fraction of sp³-hybridized carbons (Fsp3) is 0.294. The molecular weight excluding hydrogens is 253 g/mol. The molecule has 0 aromatic heterocycles. The summed E-state index contributed by atoms with van der Waals surface area (Å²) in [5.41, 5.74) is 3.30. The van der Waals surface area contributed by atoms with Crippen molar-refractivity contribution in [3.05, 3.63) is 59.4 Å². The van der Waals surface area contributed by atoms with Crippen LogP contribution in [0.1, 0.15) is 31.0 Å². The summed E-state index contributed by atoms with van der Waals surface area (Å²) in [7, 11) is 1.54. The topological polar surface area (TPSA) is 21.3 Å². The molecule has 0 saturated heterocycles. The lowest BCUT2D eigenvalue weighted by Gasteiger charge is -2.18. The Morgan fingerprint density at radius 1 is 1.15 bits per heavy atom. The van der Waals surface area contributed by atoms with Gasteiger partial charge in [0.15, 0.2) is 0 Å². The standard InChI is InChI=1S/C17H20FNO/c1-4-13-5-7-14(8-6-13)12(2)19-16-10-9-15(18)11-17(16)20-3/h5-12,19H,4H2,1-3H3. The number of hydrogen-bond acceptors (Lipinski definition) is 2. The first-order chi connectivity index (χ1) is 9.63. The maximum atomic E-state index is 13.2. The molecule has 2 rings (SSSR count). The number of ether oxygens (including phenoxy) is 1. The van der Waals surface area contributed by atoms with E-state index in [4.69, 9.17) is 4.74 Å². The lowest BCUT2D eigenvalue weighted by Crippen LogP contribution is -2.07. The average molecular weight is 273 g/mol. The molecule has 0 fully saturated rings. The van der Waals surface area contributed by atoms with Crippen LogP contribution in [0.15, 0.2) is 42.5 Å². The van der Waals surface area contributed by atoms with Crippen molar-refractivity contribution >= 4 is 5.69 Å². The molecule has 0 heterocycles. The highest BCUT2D eigenvalue weighted by Gasteiger charge is 2.09. The summed E-state index contributed by atoms with van der Waals surface area (Å²) in [6, 6.07) is 13.1. The third kappa shape index (κ3) is 3.29. The van der Waals surface area contributed by atoms with E-state index in [1.165, 1.54) is 23.3 Å². The third-order valence-corrected chi connectivity index (χ3v) is 3.42. The predicted molar refractivity (Wildman–Crippen MR) is 80.8 cm³/mol. The molecule has 20 heavy (non-hydrogen) atoms. The van der Waals surface area contributed by atoms with Gasteiger partial charge in [0, 0.05) is 12.1 Å². The number of nitrogens with one attached hydrogen (secondary N) is 1. The lowest BCUT2D eigenvalue weighted by atomic mass is 10.0. The van der Waals surface area contributed by atoms with Crippen LogP contribution in [0.25, 0.3) is 0 Å². The molecule has 2 nitrogen and oxygen atoms in total. The Bertz CT molecular complexity index is 566. The van der Waals surface area contributed by atoms with E-state index in [0.717, 1.165) is 12.1 Å². The summed E-state index contributed by atoms with van der Waals surface area (Å²) in [5, 5.41) is 3.35. The summed E-state index contributed by atoms with van der Waals surface area (Å²) < 4.78 is 18.4. The highest BCUT2D eigenvalue weighted by Crippen LogP contribution is 2.28. The molecule has 3 heteroatoms. The highest BCUT2D eigenvalue weighted by atomic mass is 19.1. The van der Waals surface area contributed by atoms with Crippen LogP contribution in [0.2, 0.25) is 0 Å². The van der Waals surface area contributed by atoms with E-state index in [0.29, 0.717) is 5.75 Å². The van der Waals surface area contributed by atoms with Crippen molar-refractivity contribution in [2.45, 2.75) is 26.3 Å². The molecule has 1 unspecified atom stereocenters. The minimum atomic E-state index is -0.299. The Hall–Kier alpha value is -2.03. The van der Waals surface area contributed by atoms with E-state index in [9.17, 15) is 4.39 Å². The molecule has 0 amide bonds. The van der Waals surface area contributed by atoms with E-state index in [1.807, 2.05) is 0 Å². The number of methoxy groups -OCH3 is 1. The SMILES string of the molecule is CCc1ccc(C(C)Nc2ccc(F)cc2OC)cc1. The van der Waals surface area contributed by atoms with Crippen molar-refractivity contribution in [3.8, 4) is 5.75 Å². The van der Waals surface area contributed by atoms with Gasteiger partial charge in [-0.1, -0.05) is 31.2 Å². The molecule has 0 bridgehead atoms. The van der Waals surface area contributed by atoms with Crippen LogP contribution in [0.5, 0.6) is 5.75 Å². The largest absolute Gasteiger partial charge is 0.494 e. The van der Waals surface area contributed by atoms with Gasteiger partial charge in [-0.25, -0.2) is 4.39 Å². The van der Waals surface area contributed by atoms with Crippen LogP contribution in [0.4, 0.5) is 10.1 Å². The van der Waals surface area contributed by atoms with Gasteiger partial charge in [0.25, 0.3) is 0 Å². The van der Waals surface area contributed by atoms with E-state index in [1.54, 1.807) is 13.2 Å². The normalized spacial score (nSPS) is 12.0. The van der Waals surface area contributed by atoms with E-state index >= 15 is 0 Å².